The van der Waals surface area contributed by atoms with Crippen molar-refractivity contribution in [3.63, 3.8) is 0 Å². The number of carbonyl (C=O) groups is 1. The van der Waals surface area contributed by atoms with E-state index in [-0.39, 0.29) is 23.8 Å². The van der Waals surface area contributed by atoms with Crippen molar-refractivity contribution in [1.82, 2.24) is 0 Å². The van der Waals surface area contributed by atoms with Crippen LogP contribution in [0.1, 0.15) is 25.0 Å². The van der Waals surface area contributed by atoms with Gasteiger partial charge in [0.25, 0.3) is 0 Å². The van der Waals surface area contributed by atoms with Crippen LogP contribution in [0.5, 0.6) is 0 Å². The van der Waals surface area contributed by atoms with E-state index in [9.17, 15) is 18.0 Å². The molecule has 4 N–H and O–H groups in total. The zero-order valence-corrected chi connectivity index (χ0v) is 11.5. The summed E-state index contributed by atoms with van der Waals surface area (Å²) in [7, 11) is 0. The third kappa shape index (κ3) is 4.97. The second-order valence-corrected chi connectivity index (χ2v) is 4.79. The SMILES string of the molecule is CC(C)COC(=O)Nc1ccc(C(F)(F)F)cc1C(=N)N. The van der Waals surface area contributed by atoms with Crippen molar-refractivity contribution in [2.75, 3.05) is 11.9 Å². The first kappa shape index (κ1) is 16.8. The minimum atomic E-state index is -4.55. The highest BCUT2D eigenvalue weighted by Gasteiger charge is 2.31. The van der Waals surface area contributed by atoms with E-state index in [0.29, 0.717) is 6.07 Å². The summed E-state index contributed by atoms with van der Waals surface area (Å²) in [6.45, 7) is 3.85. The summed E-state index contributed by atoms with van der Waals surface area (Å²) in [5.74, 6) is -0.462. The largest absolute Gasteiger partial charge is 0.449 e. The fraction of sp³-hybridized carbons (Fsp3) is 0.385. The highest BCUT2D eigenvalue weighted by Crippen LogP contribution is 2.31. The Bertz CT molecular complexity index is 542. The summed E-state index contributed by atoms with van der Waals surface area (Å²) in [5, 5.41) is 9.59. The highest BCUT2D eigenvalue weighted by molar-refractivity contribution is 6.03. The molecule has 8 heteroatoms. The van der Waals surface area contributed by atoms with E-state index in [1.807, 2.05) is 13.8 Å². The van der Waals surface area contributed by atoms with Crippen LogP contribution >= 0.6 is 0 Å². The lowest BCUT2D eigenvalue weighted by atomic mass is 10.1. The maximum atomic E-state index is 12.6. The van der Waals surface area contributed by atoms with Crippen LogP contribution in [0.4, 0.5) is 23.7 Å². The molecule has 116 valence electrons. The molecule has 5 nitrogen and oxygen atoms in total. The van der Waals surface area contributed by atoms with Gasteiger partial charge in [-0.15, -0.1) is 0 Å². The number of hydrogen-bond donors (Lipinski definition) is 3. The normalized spacial score (nSPS) is 11.3. The zero-order valence-electron chi connectivity index (χ0n) is 11.5. The van der Waals surface area contributed by atoms with Crippen LogP contribution < -0.4 is 11.1 Å². The van der Waals surface area contributed by atoms with Gasteiger partial charge in [0.15, 0.2) is 0 Å². The fourth-order valence-corrected chi connectivity index (χ4v) is 1.44. The van der Waals surface area contributed by atoms with E-state index >= 15 is 0 Å². The molecule has 0 unspecified atom stereocenters. The molecule has 0 heterocycles. The van der Waals surface area contributed by atoms with E-state index < -0.39 is 23.7 Å². The van der Waals surface area contributed by atoms with Gasteiger partial charge in [-0.05, 0) is 24.1 Å². The Morgan fingerprint density at radius 2 is 2.05 bits per heavy atom. The molecule has 0 atom stereocenters. The molecule has 0 spiro atoms. The van der Waals surface area contributed by atoms with Crippen molar-refractivity contribution < 1.29 is 22.7 Å². The van der Waals surface area contributed by atoms with Crippen LogP contribution in [0.2, 0.25) is 0 Å². The molecule has 0 saturated heterocycles. The number of hydrogen-bond acceptors (Lipinski definition) is 3. The van der Waals surface area contributed by atoms with Gasteiger partial charge < -0.3 is 10.5 Å². The average Bonchev–Trinajstić information content (AvgIpc) is 2.35. The van der Waals surface area contributed by atoms with Gasteiger partial charge in [-0.1, -0.05) is 13.8 Å². The predicted molar refractivity (Wildman–Crippen MR) is 72.3 cm³/mol. The van der Waals surface area contributed by atoms with E-state index in [4.69, 9.17) is 15.9 Å². The van der Waals surface area contributed by atoms with Gasteiger partial charge in [-0.25, -0.2) is 4.79 Å². The van der Waals surface area contributed by atoms with Crippen LogP contribution in [0.25, 0.3) is 0 Å². The first-order valence-corrected chi connectivity index (χ1v) is 6.10. The van der Waals surface area contributed by atoms with Crippen molar-refractivity contribution in [3.05, 3.63) is 29.3 Å². The average molecular weight is 303 g/mol. The van der Waals surface area contributed by atoms with Gasteiger partial charge in [0.05, 0.1) is 17.9 Å². The van der Waals surface area contributed by atoms with Crippen LogP contribution in [-0.4, -0.2) is 18.5 Å². The maximum absolute atomic E-state index is 12.6. The van der Waals surface area contributed by atoms with Gasteiger partial charge >= 0.3 is 12.3 Å². The second-order valence-electron chi connectivity index (χ2n) is 4.79. The molecule has 1 rings (SSSR count). The number of anilines is 1. The standard InChI is InChI=1S/C13H16F3N3O2/c1-7(2)6-21-12(20)19-10-4-3-8(13(14,15)16)5-9(10)11(17)18/h3-5,7H,6H2,1-2H3,(H3,17,18)(H,19,20). The fourth-order valence-electron chi connectivity index (χ4n) is 1.44. The quantitative estimate of drug-likeness (QED) is 0.589. The first-order chi connectivity index (χ1) is 9.61. The smallest absolute Gasteiger partial charge is 0.416 e. The number of rotatable bonds is 4. The van der Waals surface area contributed by atoms with Crippen LogP contribution in [0.3, 0.4) is 0 Å². The number of halogens is 3. The summed E-state index contributed by atoms with van der Waals surface area (Å²) < 4.78 is 42.7. The molecule has 0 aliphatic heterocycles. The third-order valence-electron chi connectivity index (χ3n) is 2.42. The number of alkyl halides is 3. The van der Waals surface area contributed by atoms with Crippen molar-refractivity contribution in [2.45, 2.75) is 20.0 Å². The maximum Gasteiger partial charge on any atom is 0.416 e. The lowest BCUT2D eigenvalue weighted by Crippen LogP contribution is -2.21. The number of nitrogens with two attached hydrogens (primary N) is 1. The van der Waals surface area contributed by atoms with E-state index in [1.54, 1.807) is 0 Å². The Hall–Kier alpha value is -2.25. The monoisotopic (exact) mass is 303 g/mol. The van der Waals surface area contributed by atoms with Crippen molar-refractivity contribution >= 4 is 17.6 Å². The molecule has 0 fully saturated rings. The van der Waals surface area contributed by atoms with E-state index in [1.165, 1.54) is 0 Å². The summed E-state index contributed by atoms with van der Waals surface area (Å²) in [5.41, 5.74) is 4.07. The lowest BCUT2D eigenvalue weighted by molar-refractivity contribution is -0.137. The molecule has 0 aromatic heterocycles. The molecule has 21 heavy (non-hydrogen) atoms. The van der Waals surface area contributed by atoms with Gasteiger partial charge in [0.1, 0.15) is 5.84 Å². The topological polar surface area (TPSA) is 88.2 Å². The summed E-state index contributed by atoms with van der Waals surface area (Å²) in [4.78, 5) is 11.5. The Morgan fingerprint density at radius 1 is 1.43 bits per heavy atom. The van der Waals surface area contributed by atoms with Gasteiger partial charge in [0, 0.05) is 5.56 Å². The number of nitrogen functional groups attached to an aromatic ring is 1. The minimum absolute atomic E-state index is 0.00995. The Balaban J connectivity index is 2.97. The lowest BCUT2D eigenvalue weighted by Gasteiger charge is -2.14. The van der Waals surface area contributed by atoms with Crippen LogP contribution in [-0.2, 0) is 10.9 Å². The van der Waals surface area contributed by atoms with Gasteiger partial charge in [-0.2, -0.15) is 13.2 Å². The Morgan fingerprint density at radius 3 is 2.52 bits per heavy atom. The molecule has 0 bridgehead atoms. The van der Waals surface area contributed by atoms with Gasteiger partial charge in [0.2, 0.25) is 0 Å². The molecule has 1 aromatic carbocycles. The van der Waals surface area contributed by atoms with E-state index in [2.05, 4.69) is 5.32 Å². The molecule has 0 aliphatic carbocycles. The first-order valence-electron chi connectivity index (χ1n) is 6.10. The number of amidine groups is 1. The van der Waals surface area contributed by atoms with Crippen molar-refractivity contribution in [3.8, 4) is 0 Å². The minimum Gasteiger partial charge on any atom is -0.449 e. The molecule has 0 radical (unpaired) electrons. The number of amides is 1. The Labute approximate surface area is 119 Å². The zero-order chi connectivity index (χ0) is 16.2. The predicted octanol–water partition coefficient (Wildman–Crippen LogP) is 3.19. The Kier molecular flexibility index (Phi) is 5.17. The second kappa shape index (κ2) is 6.47. The van der Waals surface area contributed by atoms with Crippen LogP contribution in [0.15, 0.2) is 18.2 Å². The van der Waals surface area contributed by atoms with Crippen LogP contribution in [0, 0.1) is 11.3 Å². The van der Waals surface area contributed by atoms with Gasteiger partial charge in [-0.3, -0.25) is 10.7 Å². The van der Waals surface area contributed by atoms with E-state index in [0.717, 1.165) is 12.1 Å². The molecule has 1 aromatic rings. The van der Waals surface area contributed by atoms with Crippen molar-refractivity contribution in [1.29, 1.82) is 5.41 Å². The number of benzene rings is 1. The number of carbonyl (C=O) groups excluding carboxylic acids is 1. The van der Waals surface area contributed by atoms with Crippen molar-refractivity contribution in [2.24, 2.45) is 11.7 Å². The third-order valence-corrected chi connectivity index (χ3v) is 2.42. The number of nitrogens with one attached hydrogen (secondary N) is 2. The summed E-state index contributed by atoms with van der Waals surface area (Å²) in [6.07, 6.45) is -5.37. The highest BCUT2D eigenvalue weighted by atomic mass is 19.4. The number of ether oxygens (including phenoxy) is 1. The summed E-state index contributed by atoms with van der Waals surface area (Å²) in [6, 6.07) is 2.54. The molecule has 0 saturated carbocycles. The summed E-state index contributed by atoms with van der Waals surface area (Å²) >= 11 is 0. The molecule has 0 aliphatic rings. The molecule has 1 amide bonds. The molecular formula is C13H16F3N3O2. The molecular weight excluding hydrogens is 287 g/mol.